The molecular formula is C18H36N2. The highest BCUT2D eigenvalue weighted by atomic mass is 15.2. The molecule has 1 rings (SSSR count). The standard InChI is InChI=1S/C18H36N2/c1-2-3-4-5-6-10-13-16-18(20-19)17-14-11-8-7-9-12-15-17/h14,18,20H,2-13,15-16,19H2,1H3. The second-order valence-electron chi connectivity index (χ2n) is 6.36. The predicted octanol–water partition coefficient (Wildman–Crippen LogP) is 5.24. The first-order valence-electron chi connectivity index (χ1n) is 9.03. The summed E-state index contributed by atoms with van der Waals surface area (Å²) in [5, 5.41) is 0. The van der Waals surface area contributed by atoms with Crippen molar-refractivity contribution < 1.29 is 0 Å². The van der Waals surface area contributed by atoms with Gasteiger partial charge in [0.05, 0.1) is 0 Å². The molecule has 20 heavy (non-hydrogen) atoms. The summed E-state index contributed by atoms with van der Waals surface area (Å²) in [7, 11) is 0. The van der Waals surface area contributed by atoms with Crippen LogP contribution in [-0.4, -0.2) is 6.04 Å². The van der Waals surface area contributed by atoms with E-state index in [9.17, 15) is 0 Å². The topological polar surface area (TPSA) is 38.0 Å². The van der Waals surface area contributed by atoms with Gasteiger partial charge in [-0.2, -0.15) is 0 Å². The average Bonchev–Trinajstić information content (AvgIpc) is 2.43. The van der Waals surface area contributed by atoms with Gasteiger partial charge in [0.25, 0.3) is 0 Å². The fourth-order valence-corrected chi connectivity index (χ4v) is 3.21. The van der Waals surface area contributed by atoms with Crippen molar-refractivity contribution in [3.05, 3.63) is 11.6 Å². The van der Waals surface area contributed by atoms with Crippen LogP contribution in [0.3, 0.4) is 0 Å². The molecule has 1 aliphatic rings. The monoisotopic (exact) mass is 280 g/mol. The van der Waals surface area contributed by atoms with E-state index in [2.05, 4.69) is 18.4 Å². The zero-order chi connectivity index (χ0) is 14.5. The molecule has 2 nitrogen and oxygen atoms in total. The molecule has 0 saturated heterocycles. The minimum absolute atomic E-state index is 0.434. The molecule has 0 aliphatic heterocycles. The smallest absolute Gasteiger partial charge is 0.0419 e. The Morgan fingerprint density at radius 2 is 1.70 bits per heavy atom. The van der Waals surface area contributed by atoms with Gasteiger partial charge in [0, 0.05) is 6.04 Å². The minimum Gasteiger partial charge on any atom is -0.271 e. The molecule has 2 heteroatoms. The van der Waals surface area contributed by atoms with Crippen molar-refractivity contribution in [2.75, 3.05) is 0 Å². The first-order chi connectivity index (χ1) is 9.88. The van der Waals surface area contributed by atoms with Crippen LogP contribution in [0.2, 0.25) is 0 Å². The Kier molecular flexibility index (Phi) is 11.0. The zero-order valence-electron chi connectivity index (χ0n) is 13.6. The van der Waals surface area contributed by atoms with Crippen molar-refractivity contribution in [1.82, 2.24) is 5.43 Å². The summed E-state index contributed by atoms with van der Waals surface area (Å²) in [6, 6.07) is 0.434. The van der Waals surface area contributed by atoms with Crippen LogP contribution in [0.15, 0.2) is 11.6 Å². The van der Waals surface area contributed by atoms with Crippen LogP contribution in [-0.2, 0) is 0 Å². The molecule has 0 radical (unpaired) electrons. The number of allylic oxidation sites excluding steroid dienone is 1. The summed E-state index contributed by atoms with van der Waals surface area (Å²) < 4.78 is 0. The van der Waals surface area contributed by atoms with Crippen molar-refractivity contribution in [1.29, 1.82) is 0 Å². The van der Waals surface area contributed by atoms with Gasteiger partial charge < -0.3 is 0 Å². The van der Waals surface area contributed by atoms with Gasteiger partial charge in [0.1, 0.15) is 0 Å². The Balaban J connectivity index is 2.17. The van der Waals surface area contributed by atoms with E-state index < -0.39 is 0 Å². The van der Waals surface area contributed by atoms with Crippen molar-refractivity contribution in [3.8, 4) is 0 Å². The predicted molar refractivity (Wildman–Crippen MR) is 89.5 cm³/mol. The highest BCUT2D eigenvalue weighted by Gasteiger charge is 2.13. The lowest BCUT2D eigenvalue weighted by atomic mass is 9.92. The van der Waals surface area contributed by atoms with Crippen molar-refractivity contribution in [2.45, 2.75) is 103 Å². The van der Waals surface area contributed by atoms with Crippen molar-refractivity contribution in [2.24, 2.45) is 5.84 Å². The van der Waals surface area contributed by atoms with Crippen molar-refractivity contribution >= 4 is 0 Å². The number of hydrogen-bond acceptors (Lipinski definition) is 2. The van der Waals surface area contributed by atoms with Crippen LogP contribution in [0.5, 0.6) is 0 Å². The molecule has 0 amide bonds. The maximum atomic E-state index is 5.78. The molecule has 1 atom stereocenters. The molecule has 0 aromatic rings. The molecule has 1 unspecified atom stereocenters. The second kappa shape index (κ2) is 12.4. The van der Waals surface area contributed by atoms with E-state index in [1.807, 2.05) is 0 Å². The van der Waals surface area contributed by atoms with Gasteiger partial charge in [-0.05, 0) is 32.1 Å². The van der Waals surface area contributed by atoms with Gasteiger partial charge in [-0.3, -0.25) is 11.3 Å². The summed E-state index contributed by atoms with van der Waals surface area (Å²) in [6.07, 6.45) is 21.4. The third-order valence-corrected chi connectivity index (χ3v) is 4.57. The largest absolute Gasteiger partial charge is 0.271 e. The fourth-order valence-electron chi connectivity index (χ4n) is 3.21. The van der Waals surface area contributed by atoms with Crippen LogP contribution in [0.4, 0.5) is 0 Å². The minimum atomic E-state index is 0.434. The molecular weight excluding hydrogens is 244 g/mol. The number of nitrogens with two attached hydrogens (primary N) is 1. The Morgan fingerprint density at radius 3 is 2.45 bits per heavy atom. The van der Waals surface area contributed by atoms with Crippen LogP contribution in [0.25, 0.3) is 0 Å². The zero-order valence-corrected chi connectivity index (χ0v) is 13.6. The number of nitrogens with one attached hydrogen (secondary N) is 1. The molecule has 0 fully saturated rings. The van der Waals surface area contributed by atoms with E-state index in [1.165, 1.54) is 89.9 Å². The number of unbranched alkanes of at least 4 members (excludes halogenated alkanes) is 6. The molecule has 118 valence electrons. The van der Waals surface area contributed by atoms with E-state index in [0.717, 1.165) is 0 Å². The summed E-state index contributed by atoms with van der Waals surface area (Å²) in [5.41, 5.74) is 4.64. The Morgan fingerprint density at radius 1 is 1.00 bits per heavy atom. The molecule has 0 aromatic carbocycles. The lowest BCUT2D eigenvalue weighted by Crippen LogP contribution is -2.36. The molecule has 0 saturated carbocycles. The molecule has 0 bridgehead atoms. The number of rotatable bonds is 10. The SMILES string of the molecule is CCCCCCCCCC(NN)C1=CCCCCCC1. The third kappa shape index (κ3) is 8.06. The maximum absolute atomic E-state index is 5.78. The highest BCUT2D eigenvalue weighted by Crippen LogP contribution is 2.22. The normalized spacial score (nSPS) is 18.2. The van der Waals surface area contributed by atoms with Gasteiger partial charge in [-0.1, -0.05) is 76.4 Å². The average molecular weight is 281 g/mol. The van der Waals surface area contributed by atoms with Crippen molar-refractivity contribution in [3.63, 3.8) is 0 Å². The lowest BCUT2D eigenvalue weighted by molar-refractivity contribution is 0.481. The number of hydrogen-bond donors (Lipinski definition) is 2. The van der Waals surface area contributed by atoms with E-state index in [-0.39, 0.29) is 0 Å². The fraction of sp³-hybridized carbons (Fsp3) is 0.889. The Bertz CT molecular complexity index is 248. The van der Waals surface area contributed by atoms with E-state index in [1.54, 1.807) is 5.57 Å². The van der Waals surface area contributed by atoms with Crippen LogP contribution >= 0.6 is 0 Å². The Labute approximate surface area is 126 Å². The molecule has 1 aliphatic carbocycles. The molecule has 0 aromatic heterocycles. The van der Waals surface area contributed by atoms with E-state index in [0.29, 0.717) is 6.04 Å². The summed E-state index contributed by atoms with van der Waals surface area (Å²) in [4.78, 5) is 0. The molecule has 0 spiro atoms. The van der Waals surface area contributed by atoms with Crippen LogP contribution in [0.1, 0.15) is 96.8 Å². The summed E-state index contributed by atoms with van der Waals surface area (Å²) >= 11 is 0. The maximum Gasteiger partial charge on any atom is 0.0419 e. The summed E-state index contributed by atoms with van der Waals surface area (Å²) in [6.45, 7) is 2.28. The first-order valence-corrected chi connectivity index (χ1v) is 9.03. The van der Waals surface area contributed by atoms with E-state index >= 15 is 0 Å². The van der Waals surface area contributed by atoms with Gasteiger partial charge in [0.15, 0.2) is 0 Å². The second-order valence-corrected chi connectivity index (χ2v) is 6.36. The number of hydrazine groups is 1. The van der Waals surface area contributed by atoms with Crippen LogP contribution in [0, 0.1) is 0 Å². The molecule has 0 heterocycles. The summed E-state index contributed by atoms with van der Waals surface area (Å²) in [5.74, 6) is 5.78. The van der Waals surface area contributed by atoms with Gasteiger partial charge >= 0.3 is 0 Å². The van der Waals surface area contributed by atoms with E-state index in [4.69, 9.17) is 5.84 Å². The first kappa shape index (κ1) is 17.7. The highest BCUT2D eigenvalue weighted by molar-refractivity contribution is 5.11. The van der Waals surface area contributed by atoms with Crippen LogP contribution < -0.4 is 11.3 Å². The van der Waals surface area contributed by atoms with Gasteiger partial charge in [0.2, 0.25) is 0 Å². The van der Waals surface area contributed by atoms with Gasteiger partial charge in [-0.15, -0.1) is 0 Å². The Hall–Kier alpha value is -0.340. The quantitative estimate of drug-likeness (QED) is 0.248. The lowest BCUT2D eigenvalue weighted by Gasteiger charge is -2.21. The van der Waals surface area contributed by atoms with Gasteiger partial charge in [-0.25, -0.2) is 0 Å². The third-order valence-electron chi connectivity index (χ3n) is 4.57. The molecule has 3 N–H and O–H groups in total.